The second-order valence-electron chi connectivity index (χ2n) is 5.10. The SMILES string of the molecule is CCc1ccccc1C(NC)c1cc2cc(Cl)ccc2o1. The third kappa shape index (κ3) is 2.69. The number of hydrogen-bond acceptors (Lipinski definition) is 2. The molecule has 1 aromatic heterocycles. The number of aryl methyl sites for hydroxylation is 1. The average Bonchev–Trinajstić information content (AvgIpc) is 2.91. The van der Waals surface area contributed by atoms with E-state index in [2.05, 4.69) is 42.6 Å². The fourth-order valence-corrected chi connectivity index (χ4v) is 2.95. The minimum Gasteiger partial charge on any atom is -0.459 e. The smallest absolute Gasteiger partial charge is 0.134 e. The molecule has 0 spiro atoms. The maximum atomic E-state index is 6.05. The minimum absolute atomic E-state index is 0.0484. The summed E-state index contributed by atoms with van der Waals surface area (Å²) in [6.45, 7) is 2.17. The van der Waals surface area contributed by atoms with Crippen molar-refractivity contribution in [2.75, 3.05) is 7.05 Å². The molecule has 0 fully saturated rings. The maximum Gasteiger partial charge on any atom is 0.134 e. The van der Waals surface area contributed by atoms with Gasteiger partial charge in [0.1, 0.15) is 11.3 Å². The first-order chi connectivity index (χ1) is 10.2. The molecule has 0 saturated carbocycles. The predicted molar refractivity (Wildman–Crippen MR) is 87.9 cm³/mol. The standard InChI is InChI=1S/C18H18ClNO/c1-3-12-6-4-5-7-15(12)18(20-2)17-11-13-10-14(19)8-9-16(13)21-17/h4-11,18,20H,3H2,1-2H3. The molecule has 0 aliphatic heterocycles. The van der Waals surface area contributed by atoms with E-state index < -0.39 is 0 Å². The summed E-state index contributed by atoms with van der Waals surface area (Å²) in [6.07, 6.45) is 1.00. The van der Waals surface area contributed by atoms with Gasteiger partial charge < -0.3 is 9.73 Å². The molecule has 108 valence electrons. The highest BCUT2D eigenvalue weighted by atomic mass is 35.5. The second-order valence-corrected chi connectivity index (χ2v) is 5.54. The minimum atomic E-state index is 0.0484. The summed E-state index contributed by atoms with van der Waals surface area (Å²) in [5.74, 6) is 0.913. The number of halogens is 1. The Balaban J connectivity index is 2.09. The Hall–Kier alpha value is -1.77. The molecule has 1 N–H and O–H groups in total. The largest absolute Gasteiger partial charge is 0.459 e. The maximum absolute atomic E-state index is 6.05. The Bertz CT molecular complexity index is 763. The van der Waals surface area contributed by atoms with Crippen molar-refractivity contribution in [2.24, 2.45) is 0 Å². The van der Waals surface area contributed by atoms with Gasteiger partial charge >= 0.3 is 0 Å². The van der Waals surface area contributed by atoms with E-state index in [0.717, 1.165) is 28.2 Å². The fraction of sp³-hybridized carbons (Fsp3) is 0.222. The molecule has 0 bridgehead atoms. The van der Waals surface area contributed by atoms with Gasteiger partial charge in [-0.2, -0.15) is 0 Å². The Kier molecular flexibility index (Phi) is 4.00. The summed E-state index contributed by atoms with van der Waals surface area (Å²) in [6, 6.07) is 16.3. The quantitative estimate of drug-likeness (QED) is 0.737. The molecule has 0 saturated heterocycles. The van der Waals surface area contributed by atoms with Crippen LogP contribution < -0.4 is 5.32 Å². The van der Waals surface area contributed by atoms with E-state index in [1.165, 1.54) is 11.1 Å². The van der Waals surface area contributed by atoms with Gasteiger partial charge in [0.2, 0.25) is 0 Å². The summed E-state index contributed by atoms with van der Waals surface area (Å²) < 4.78 is 6.01. The highest BCUT2D eigenvalue weighted by Gasteiger charge is 2.19. The lowest BCUT2D eigenvalue weighted by atomic mass is 9.97. The zero-order chi connectivity index (χ0) is 14.8. The monoisotopic (exact) mass is 299 g/mol. The van der Waals surface area contributed by atoms with E-state index >= 15 is 0 Å². The number of nitrogens with one attached hydrogen (secondary N) is 1. The van der Waals surface area contributed by atoms with Gasteiger partial charge in [-0.15, -0.1) is 0 Å². The van der Waals surface area contributed by atoms with Crippen LogP contribution in [0.4, 0.5) is 0 Å². The molecule has 0 radical (unpaired) electrons. The third-order valence-electron chi connectivity index (χ3n) is 3.82. The zero-order valence-corrected chi connectivity index (χ0v) is 12.9. The van der Waals surface area contributed by atoms with Crippen molar-refractivity contribution in [1.82, 2.24) is 5.32 Å². The van der Waals surface area contributed by atoms with Crippen LogP contribution in [0.15, 0.2) is 52.9 Å². The fourth-order valence-electron chi connectivity index (χ4n) is 2.77. The molecule has 3 heteroatoms. The van der Waals surface area contributed by atoms with Crippen LogP contribution in [0.25, 0.3) is 11.0 Å². The van der Waals surface area contributed by atoms with Gasteiger partial charge in [-0.3, -0.25) is 0 Å². The lowest BCUT2D eigenvalue weighted by Gasteiger charge is -2.17. The Morgan fingerprint density at radius 1 is 1.14 bits per heavy atom. The molecule has 0 aliphatic rings. The van der Waals surface area contributed by atoms with E-state index in [0.29, 0.717) is 0 Å². The van der Waals surface area contributed by atoms with Crippen molar-refractivity contribution in [3.63, 3.8) is 0 Å². The molecular formula is C18H18ClNO. The summed E-state index contributed by atoms with van der Waals surface area (Å²) >= 11 is 6.05. The molecule has 21 heavy (non-hydrogen) atoms. The van der Waals surface area contributed by atoms with Crippen molar-refractivity contribution >= 4 is 22.6 Å². The van der Waals surface area contributed by atoms with Crippen molar-refractivity contribution in [3.8, 4) is 0 Å². The van der Waals surface area contributed by atoms with Crippen LogP contribution in [0.3, 0.4) is 0 Å². The molecule has 1 atom stereocenters. The van der Waals surface area contributed by atoms with Gasteiger partial charge in [-0.05, 0) is 48.9 Å². The molecular weight excluding hydrogens is 282 g/mol. The van der Waals surface area contributed by atoms with Crippen LogP contribution in [0, 0.1) is 0 Å². The van der Waals surface area contributed by atoms with Crippen LogP contribution in [0.1, 0.15) is 29.9 Å². The highest BCUT2D eigenvalue weighted by molar-refractivity contribution is 6.31. The molecule has 3 aromatic rings. The van der Waals surface area contributed by atoms with E-state index in [1.54, 1.807) is 0 Å². The Labute approximate surface area is 129 Å². The summed E-state index contributed by atoms with van der Waals surface area (Å²) in [5.41, 5.74) is 3.45. The van der Waals surface area contributed by atoms with Crippen LogP contribution in [0.5, 0.6) is 0 Å². The summed E-state index contributed by atoms with van der Waals surface area (Å²) in [7, 11) is 1.96. The summed E-state index contributed by atoms with van der Waals surface area (Å²) in [5, 5.41) is 5.12. The predicted octanol–water partition coefficient (Wildman–Crippen LogP) is 4.96. The molecule has 2 nitrogen and oxygen atoms in total. The van der Waals surface area contributed by atoms with E-state index in [9.17, 15) is 0 Å². The topological polar surface area (TPSA) is 25.2 Å². The number of benzene rings is 2. The van der Waals surface area contributed by atoms with Crippen LogP contribution in [0.2, 0.25) is 5.02 Å². The van der Waals surface area contributed by atoms with Crippen LogP contribution in [-0.4, -0.2) is 7.05 Å². The first-order valence-corrected chi connectivity index (χ1v) is 7.54. The van der Waals surface area contributed by atoms with E-state index in [4.69, 9.17) is 16.0 Å². The molecule has 1 unspecified atom stereocenters. The van der Waals surface area contributed by atoms with Gasteiger partial charge in [0.25, 0.3) is 0 Å². The lowest BCUT2D eigenvalue weighted by Crippen LogP contribution is -2.18. The Morgan fingerprint density at radius 2 is 1.95 bits per heavy atom. The molecule has 0 amide bonds. The van der Waals surface area contributed by atoms with Crippen molar-refractivity contribution < 1.29 is 4.42 Å². The van der Waals surface area contributed by atoms with Crippen LogP contribution >= 0.6 is 11.6 Å². The van der Waals surface area contributed by atoms with Gasteiger partial charge in [-0.25, -0.2) is 0 Å². The molecule has 2 aromatic carbocycles. The van der Waals surface area contributed by atoms with Crippen molar-refractivity contribution in [3.05, 3.63) is 70.4 Å². The second kappa shape index (κ2) is 5.92. The normalized spacial score (nSPS) is 12.7. The van der Waals surface area contributed by atoms with E-state index in [-0.39, 0.29) is 6.04 Å². The van der Waals surface area contributed by atoms with Crippen LogP contribution in [-0.2, 0) is 6.42 Å². The van der Waals surface area contributed by atoms with E-state index in [1.807, 2.05) is 25.2 Å². The van der Waals surface area contributed by atoms with Gasteiger partial charge in [0, 0.05) is 10.4 Å². The van der Waals surface area contributed by atoms with Gasteiger partial charge in [-0.1, -0.05) is 42.8 Å². The van der Waals surface area contributed by atoms with Crippen molar-refractivity contribution in [2.45, 2.75) is 19.4 Å². The Morgan fingerprint density at radius 3 is 2.71 bits per heavy atom. The molecule has 1 heterocycles. The van der Waals surface area contributed by atoms with Gasteiger partial charge in [0.05, 0.1) is 6.04 Å². The zero-order valence-electron chi connectivity index (χ0n) is 12.2. The third-order valence-corrected chi connectivity index (χ3v) is 4.05. The van der Waals surface area contributed by atoms with Gasteiger partial charge in [0.15, 0.2) is 0 Å². The number of furan rings is 1. The number of rotatable bonds is 4. The van der Waals surface area contributed by atoms with Crippen molar-refractivity contribution in [1.29, 1.82) is 0 Å². The average molecular weight is 300 g/mol. The lowest BCUT2D eigenvalue weighted by molar-refractivity contribution is 0.490. The number of hydrogen-bond donors (Lipinski definition) is 1. The highest BCUT2D eigenvalue weighted by Crippen LogP contribution is 2.31. The number of fused-ring (bicyclic) bond motifs is 1. The summed E-state index contributed by atoms with van der Waals surface area (Å²) in [4.78, 5) is 0. The first kappa shape index (κ1) is 14.2. The first-order valence-electron chi connectivity index (χ1n) is 7.17. The molecule has 0 aliphatic carbocycles. The molecule has 3 rings (SSSR count).